The van der Waals surface area contributed by atoms with Crippen LogP contribution in [0.3, 0.4) is 0 Å². The lowest BCUT2D eigenvalue weighted by Gasteiger charge is -2.02. The Kier molecular flexibility index (Phi) is 1.59. The third-order valence-electron chi connectivity index (χ3n) is 2.01. The van der Waals surface area contributed by atoms with Crippen molar-refractivity contribution in [2.75, 3.05) is 5.73 Å². The Morgan fingerprint density at radius 3 is 2.92 bits per heavy atom. The molecule has 0 spiro atoms. The van der Waals surface area contributed by atoms with Gasteiger partial charge in [-0.1, -0.05) is 12.1 Å². The number of rotatable bonds is 0. The van der Waals surface area contributed by atoms with E-state index in [1.165, 1.54) is 6.07 Å². The smallest absolute Gasteiger partial charge is 0.338 e. The monoisotopic (exact) mass is 175 g/mol. The van der Waals surface area contributed by atoms with Gasteiger partial charge in [0.1, 0.15) is 5.58 Å². The fourth-order valence-electron chi connectivity index (χ4n) is 1.43. The highest BCUT2D eigenvalue weighted by atomic mass is 16.4. The third kappa shape index (κ3) is 1.18. The van der Waals surface area contributed by atoms with Crippen molar-refractivity contribution in [1.82, 2.24) is 0 Å². The molecule has 13 heavy (non-hydrogen) atoms. The molecule has 0 radical (unpaired) electrons. The quantitative estimate of drug-likeness (QED) is 0.620. The van der Waals surface area contributed by atoms with Crippen LogP contribution in [0.5, 0.6) is 0 Å². The molecule has 2 N–H and O–H groups in total. The molecule has 2 aromatic rings. The van der Waals surface area contributed by atoms with Gasteiger partial charge in [0.15, 0.2) is 0 Å². The van der Waals surface area contributed by atoms with Gasteiger partial charge in [-0.3, -0.25) is 0 Å². The summed E-state index contributed by atoms with van der Waals surface area (Å²) in [5, 5.41) is 0.821. The Labute approximate surface area is 74.8 Å². The van der Waals surface area contributed by atoms with E-state index in [9.17, 15) is 4.79 Å². The number of hydrogen-bond donors (Lipinski definition) is 1. The van der Waals surface area contributed by atoms with Crippen LogP contribution < -0.4 is 11.4 Å². The largest absolute Gasteiger partial charge is 0.423 e. The van der Waals surface area contributed by atoms with E-state index in [2.05, 4.69) is 0 Å². The van der Waals surface area contributed by atoms with Crippen LogP contribution in [0.15, 0.2) is 33.5 Å². The molecule has 0 atom stereocenters. The lowest BCUT2D eigenvalue weighted by molar-refractivity contribution is 0.561. The lowest BCUT2D eigenvalue weighted by Crippen LogP contribution is -2.00. The first kappa shape index (κ1) is 7.86. The molecule has 66 valence electrons. The molecule has 0 bridgehead atoms. The highest BCUT2D eigenvalue weighted by molar-refractivity contribution is 5.91. The van der Waals surface area contributed by atoms with Crippen molar-refractivity contribution in [1.29, 1.82) is 0 Å². The van der Waals surface area contributed by atoms with Crippen molar-refractivity contribution >= 4 is 16.7 Å². The van der Waals surface area contributed by atoms with Gasteiger partial charge in [0.2, 0.25) is 0 Å². The minimum absolute atomic E-state index is 0.407. The molecule has 0 amide bonds. The van der Waals surface area contributed by atoms with E-state index in [0.717, 1.165) is 10.9 Å². The van der Waals surface area contributed by atoms with E-state index < -0.39 is 5.63 Å². The fraction of sp³-hybridized carbons (Fsp3) is 0.100. The second-order valence-corrected chi connectivity index (χ2v) is 2.97. The maximum absolute atomic E-state index is 11.0. The van der Waals surface area contributed by atoms with Gasteiger partial charge >= 0.3 is 5.63 Å². The van der Waals surface area contributed by atoms with Crippen molar-refractivity contribution < 1.29 is 4.42 Å². The van der Waals surface area contributed by atoms with Crippen LogP contribution in [0.1, 0.15) is 5.56 Å². The zero-order valence-corrected chi connectivity index (χ0v) is 7.20. The molecule has 0 fully saturated rings. The highest BCUT2D eigenvalue weighted by Gasteiger charge is 2.03. The molecule has 0 unspecified atom stereocenters. The summed E-state index contributed by atoms with van der Waals surface area (Å²) in [5.41, 5.74) is 7.33. The number of aryl methyl sites for hydroxylation is 1. The van der Waals surface area contributed by atoms with E-state index in [-0.39, 0.29) is 0 Å². The van der Waals surface area contributed by atoms with Crippen LogP contribution in [0.2, 0.25) is 0 Å². The standard InChI is InChI=1S/C10H9NO2/c1-6-3-2-4-8-10(6)7(11)5-9(12)13-8/h2-5H,11H2,1H3. The number of nitrogen functional groups attached to an aromatic ring is 1. The first-order chi connectivity index (χ1) is 6.18. The van der Waals surface area contributed by atoms with Gasteiger partial charge in [-0.15, -0.1) is 0 Å². The molecule has 0 aliphatic carbocycles. The van der Waals surface area contributed by atoms with E-state index >= 15 is 0 Å². The van der Waals surface area contributed by atoms with E-state index in [1.54, 1.807) is 6.07 Å². The molecular formula is C10H9NO2. The summed E-state index contributed by atoms with van der Waals surface area (Å²) in [4.78, 5) is 11.0. The maximum Gasteiger partial charge on any atom is 0.338 e. The summed E-state index contributed by atoms with van der Waals surface area (Å²) in [6.45, 7) is 1.93. The van der Waals surface area contributed by atoms with E-state index in [1.807, 2.05) is 19.1 Å². The van der Waals surface area contributed by atoms with Crippen LogP contribution in [-0.4, -0.2) is 0 Å². The summed E-state index contributed by atoms with van der Waals surface area (Å²) < 4.78 is 4.99. The Hall–Kier alpha value is -1.77. The van der Waals surface area contributed by atoms with Crippen molar-refractivity contribution in [2.24, 2.45) is 0 Å². The van der Waals surface area contributed by atoms with Crippen LogP contribution in [-0.2, 0) is 0 Å². The Bertz CT molecular complexity index is 514. The maximum atomic E-state index is 11.0. The predicted molar refractivity (Wildman–Crippen MR) is 51.6 cm³/mol. The Morgan fingerprint density at radius 2 is 2.15 bits per heavy atom. The average Bonchev–Trinajstić information content (AvgIpc) is 2.02. The number of nitrogens with two attached hydrogens (primary N) is 1. The van der Waals surface area contributed by atoms with Crippen molar-refractivity contribution in [3.05, 3.63) is 40.2 Å². The number of benzene rings is 1. The second-order valence-electron chi connectivity index (χ2n) is 2.97. The topological polar surface area (TPSA) is 56.2 Å². The minimum atomic E-state index is -0.407. The number of hydrogen-bond acceptors (Lipinski definition) is 3. The second kappa shape index (κ2) is 2.62. The Morgan fingerprint density at radius 1 is 1.38 bits per heavy atom. The van der Waals surface area contributed by atoms with E-state index in [0.29, 0.717) is 11.3 Å². The molecule has 0 saturated carbocycles. The van der Waals surface area contributed by atoms with Gasteiger partial charge in [-0.2, -0.15) is 0 Å². The van der Waals surface area contributed by atoms with Crippen molar-refractivity contribution in [2.45, 2.75) is 6.92 Å². The van der Waals surface area contributed by atoms with Crippen LogP contribution in [0.4, 0.5) is 5.69 Å². The minimum Gasteiger partial charge on any atom is -0.423 e. The molecule has 0 aliphatic heterocycles. The summed E-state index contributed by atoms with van der Waals surface area (Å²) in [6, 6.07) is 6.80. The summed E-state index contributed by atoms with van der Waals surface area (Å²) in [6.07, 6.45) is 0. The highest BCUT2D eigenvalue weighted by Crippen LogP contribution is 2.21. The zero-order valence-electron chi connectivity index (χ0n) is 7.20. The third-order valence-corrected chi connectivity index (χ3v) is 2.01. The summed E-state index contributed by atoms with van der Waals surface area (Å²) in [7, 11) is 0. The summed E-state index contributed by atoms with van der Waals surface area (Å²) >= 11 is 0. The van der Waals surface area contributed by atoms with Crippen molar-refractivity contribution in [3.63, 3.8) is 0 Å². The van der Waals surface area contributed by atoms with Crippen LogP contribution >= 0.6 is 0 Å². The van der Waals surface area contributed by atoms with Gasteiger partial charge in [-0.25, -0.2) is 4.79 Å². The number of anilines is 1. The number of fused-ring (bicyclic) bond motifs is 1. The molecule has 1 heterocycles. The first-order valence-electron chi connectivity index (χ1n) is 3.97. The predicted octanol–water partition coefficient (Wildman–Crippen LogP) is 1.68. The molecule has 1 aromatic carbocycles. The normalized spacial score (nSPS) is 10.5. The average molecular weight is 175 g/mol. The molecule has 0 saturated heterocycles. The van der Waals surface area contributed by atoms with Gasteiger partial charge in [0, 0.05) is 11.5 Å². The lowest BCUT2D eigenvalue weighted by atomic mass is 10.1. The summed E-state index contributed by atoms with van der Waals surface area (Å²) in [5.74, 6) is 0. The van der Waals surface area contributed by atoms with Crippen LogP contribution in [0, 0.1) is 6.92 Å². The fourth-order valence-corrected chi connectivity index (χ4v) is 1.43. The molecule has 3 nitrogen and oxygen atoms in total. The first-order valence-corrected chi connectivity index (χ1v) is 3.97. The molecule has 1 aromatic heterocycles. The molecular weight excluding hydrogens is 166 g/mol. The van der Waals surface area contributed by atoms with Gasteiger partial charge in [-0.05, 0) is 18.6 Å². The van der Waals surface area contributed by atoms with Crippen LogP contribution in [0.25, 0.3) is 11.0 Å². The Balaban J connectivity index is 3.03. The molecule has 2 rings (SSSR count). The zero-order chi connectivity index (χ0) is 9.42. The van der Waals surface area contributed by atoms with Gasteiger partial charge < -0.3 is 10.2 Å². The molecule has 3 heteroatoms. The van der Waals surface area contributed by atoms with Crippen molar-refractivity contribution in [3.8, 4) is 0 Å². The van der Waals surface area contributed by atoms with E-state index in [4.69, 9.17) is 10.2 Å². The molecule has 0 aliphatic rings. The SMILES string of the molecule is Cc1cccc2oc(=O)cc(N)c12. The van der Waals surface area contributed by atoms with Gasteiger partial charge in [0.25, 0.3) is 0 Å². The van der Waals surface area contributed by atoms with Gasteiger partial charge in [0.05, 0.1) is 5.69 Å².